The van der Waals surface area contributed by atoms with E-state index >= 15 is 0 Å². The molecule has 0 spiro atoms. The van der Waals surface area contributed by atoms with Crippen LogP contribution < -0.4 is 10.6 Å². The van der Waals surface area contributed by atoms with Gasteiger partial charge in [-0.05, 0) is 32.3 Å². The van der Waals surface area contributed by atoms with Crippen LogP contribution >= 0.6 is 33.7 Å². The molecule has 0 aliphatic carbocycles. The van der Waals surface area contributed by atoms with Crippen LogP contribution in [0.3, 0.4) is 0 Å². The first-order valence-corrected chi connectivity index (χ1v) is 13.8. The smallest absolute Gasteiger partial charge is 0.188 e. The second kappa shape index (κ2) is 17.2. The van der Waals surface area contributed by atoms with Gasteiger partial charge in [0.2, 0.25) is 0 Å². The maximum Gasteiger partial charge on any atom is 0.188 e. The summed E-state index contributed by atoms with van der Waals surface area (Å²) < 4.78 is 16.7. The van der Waals surface area contributed by atoms with Crippen molar-refractivity contribution in [2.24, 2.45) is 5.92 Å². The number of nitrogens with one attached hydrogen (secondary N) is 2. The Morgan fingerprint density at radius 1 is 1.22 bits per heavy atom. The van der Waals surface area contributed by atoms with Gasteiger partial charge in [0.05, 0.1) is 21.6 Å². The van der Waals surface area contributed by atoms with Crippen LogP contribution in [0.15, 0.2) is 21.2 Å². The van der Waals surface area contributed by atoms with Gasteiger partial charge in [0.1, 0.15) is 0 Å². The summed E-state index contributed by atoms with van der Waals surface area (Å²) >= 11 is 2.98. The van der Waals surface area contributed by atoms with Gasteiger partial charge in [-0.3, -0.25) is 4.31 Å². The van der Waals surface area contributed by atoms with E-state index in [0.29, 0.717) is 0 Å². The van der Waals surface area contributed by atoms with Crippen molar-refractivity contribution in [3.05, 3.63) is 22.6 Å². The molecule has 1 unspecified atom stereocenters. The zero-order valence-corrected chi connectivity index (χ0v) is 24.0. The minimum Gasteiger partial charge on any atom is -0.388 e. The Kier molecular flexibility index (Phi) is 16.6. The predicted octanol–water partition coefficient (Wildman–Crippen LogP) is 7.27. The fourth-order valence-corrected chi connectivity index (χ4v) is 5.71. The van der Waals surface area contributed by atoms with Gasteiger partial charge in [-0.2, -0.15) is 8.75 Å². The molecular formula is C23H43N5OS3. The number of aromatic nitrogens is 2. The number of anilines is 3. The third-order valence-electron chi connectivity index (χ3n) is 3.99. The number of methoxy groups -OCH3 is 1. The van der Waals surface area contributed by atoms with E-state index in [1.807, 2.05) is 6.92 Å². The van der Waals surface area contributed by atoms with Gasteiger partial charge in [-0.25, -0.2) is 0 Å². The van der Waals surface area contributed by atoms with Crippen LogP contribution in [0.1, 0.15) is 54.0 Å². The fourth-order valence-electron chi connectivity index (χ4n) is 2.25. The lowest BCUT2D eigenvalue weighted by atomic mass is 10.3. The third-order valence-corrected chi connectivity index (χ3v) is 8.14. The number of nitrogens with zero attached hydrogens (tertiary/aromatic N) is 3. The van der Waals surface area contributed by atoms with E-state index in [4.69, 9.17) is 0 Å². The first-order valence-electron chi connectivity index (χ1n) is 10.9. The van der Waals surface area contributed by atoms with E-state index < -0.39 is 0 Å². The fraction of sp³-hybridized carbons (Fsp3) is 0.609. The van der Waals surface area contributed by atoms with Gasteiger partial charge in [0.25, 0.3) is 0 Å². The number of hydrogen-bond acceptors (Lipinski definition) is 8. The summed E-state index contributed by atoms with van der Waals surface area (Å²) in [5.74, 6) is 6.81. The first kappa shape index (κ1) is 30.7. The number of hydrogen-bond donors (Lipinski definition) is 2. The van der Waals surface area contributed by atoms with Gasteiger partial charge in [0.15, 0.2) is 11.6 Å². The highest BCUT2D eigenvalue weighted by Crippen LogP contribution is 2.41. The molecule has 0 amide bonds. The van der Waals surface area contributed by atoms with Gasteiger partial charge >= 0.3 is 0 Å². The molecule has 1 atom stereocenters. The Labute approximate surface area is 206 Å². The maximum absolute atomic E-state index is 4.40. The van der Waals surface area contributed by atoms with Crippen LogP contribution in [0, 0.1) is 12.8 Å². The molecule has 2 heterocycles. The molecule has 0 aliphatic rings. The Balaban J connectivity index is 0.00000121. The zero-order valence-electron chi connectivity index (χ0n) is 21.5. The van der Waals surface area contributed by atoms with Crippen molar-refractivity contribution >= 4 is 56.9 Å². The maximum atomic E-state index is 4.40. The van der Waals surface area contributed by atoms with Crippen LogP contribution in [-0.4, -0.2) is 52.8 Å². The van der Waals surface area contributed by atoms with E-state index in [0.717, 1.165) is 42.9 Å². The number of rotatable bonds is 9. The molecule has 9 heteroatoms. The Bertz CT molecular complexity index is 808. The molecule has 0 radical (unpaired) electrons. The van der Waals surface area contributed by atoms with Gasteiger partial charge in [-0.15, -0.1) is 11.3 Å². The molecule has 0 saturated carbocycles. The summed E-state index contributed by atoms with van der Waals surface area (Å²) in [7, 11) is 3.13. The van der Waals surface area contributed by atoms with Gasteiger partial charge in [-0.1, -0.05) is 62.8 Å². The van der Waals surface area contributed by atoms with E-state index in [2.05, 4.69) is 94.2 Å². The molecule has 0 bridgehead atoms. The highest BCUT2D eigenvalue weighted by molar-refractivity contribution is 8.13. The van der Waals surface area contributed by atoms with Crippen LogP contribution in [0.4, 0.5) is 17.3 Å². The molecule has 2 rings (SSSR count). The van der Waals surface area contributed by atoms with E-state index in [1.54, 1.807) is 25.6 Å². The minimum absolute atomic E-state index is 0.121. The average molecular weight is 502 g/mol. The molecule has 184 valence electrons. The molecule has 6 nitrogen and oxygen atoms in total. The monoisotopic (exact) mass is 501 g/mol. The molecule has 2 aromatic heterocycles. The molecule has 32 heavy (non-hydrogen) atoms. The topological polar surface area (TPSA) is 62.3 Å². The lowest BCUT2D eigenvalue weighted by molar-refractivity contribution is 0.277. The van der Waals surface area contributed by atoms with Crippen molar-refractivity contribution in [2.75, 3.05) is 44.5 Å². The standard InChI is InChI=1S/C17H27N5S3.C4H10.C2H6O/c1-7-12(4)10-18-15-16(21-24-20-15)19-14-11-23-17(13(14)5)25(6)22(8-2)9-3;1-4(2)3;1-3-2/h7,11H,6,8-10H2,1-5H3,(H,18,20)(H,19,21);4H,1-3H3;1-2H3/b12-7+;;. The lowest BCUT2D eigenvalue weighted by Gasteiger charge is -2.21. The Morgan fingerprint density at radius 2 is 1.75 bits per heavy atom. The highest BCUT2D eigenvalue weighted by Gasteiger charge is 2.16. The molecule has 2 N–H and O–H groups in total. The SMILES string of the molecule is C=S(c1scc(Nc2nsnc2NC/C(C)=C/C)c1C)N(CC)CC.CC(C)C.COC. The molecule has 0 saturated heterocycles. The number of allylic oxidation sites excluding steroid dienone is 1. The minimum atomic E-state index is -0.121. The van der Waals surface area contributed by atoms with Crippen molar-refractivity contribution in [2.45, 2.75) is 59.6 Å². The molecule has 2 aromatic rings. The predicted molar refractivity (Wildman–Crippen MR) is 150 cm³/mol. The average Bonchev–Trinajstić information content (AvgIpc) is 3.34. The van der Waals surface area contributed by atoms with Crippen LogP contribution in [0.5, 0.6) is 0 Å². The zero-order chi connectivity index (χ0) is 24.7. The number of thiophene rings is 1. The van der Waals surface area contributed by atoms with E-state index in [-0.39, 0.29) is 10.7 Å². The van der Waals surface area contributed by atoms with Crippen LogP contribution in [0.2, 0.25) is 0 Å². The second-order valence-corrected chi connectivity index (χ2v) is 11.1. The summed E-state index contributed by atoms with van der Waals surface area (Å²) in [5, 5.41) is 8.93. The number of ether oxygens (including phenoxy) is 1. The Morgan fingerprint density at radius 3 is 2.25 bits per heavy atom. The highest BCUT2D eigenvalue weighted by atomic mass is 32.2. The summed E-state index contributed by atoms with van der Waals surface area (Å²) in [6.07, 6.45) is 2.09. The molecule has 0 aromatic carbocycles. The lowest BCUT2D eigenvalue weighted by Crippen LogP contribution is -2.15. The first-order chi connectivity index (χ1) is 15.2. The van der Waals surface area contributed by atoms with Crippen LogP contribution in [0.25, 0.3) is 0 Å². The third kappa shape index (κ3) is 11.0. The van der Waals surface area contributed by atoms with Crippen molar-refractivity contribution < 1.29 is 4.74 Å². The van der Waals surface area contributed by atoms with Crippen molar-refractivity contribution in [1.29, 1.82) is 0 Å². The normalized spacial score (nSPS) is 12.1. The summed E-state index contributed by atoms with van der Waals surface area (Å²) in [4.78, 5) is 0. The quantitative estimate of drug-likeness (QED) is 0.278. The van der Waals surface area contributed by atoms with Gasteiger partial charge in [0, 0.05) is 39.2 Å². The molecule has 0 fully saturated rings. The summed E-state index contributed by atoms with van der Waals surface area (Å²) in [6.45, 7) is 19.9. The summed E-state index contributed by atoms with van der Waals surface area (Å²) in [6, 6.07) is 0. The molecular weight excluding hydrogens is 458 g/mol. The van der Waals surface area contributed by atoms with Gasteiger partial charge < -0.3 is 15.4 Å². The van der Waals surface area contributed by atoms with E-state index in [1.165, 1.54) is 27.1 Å². The van der Waals surface area contributed by atoms with E-state index in [9.17, 15) is 0 Å². The van der Waals surface area contributed by atoms with Crippen LogP contribution in [-0.2, 0) is 4.74 Å². The molecule has 0 aliphatic heterocycles. The second-order valence-electron chi connectivity index (χ2n) is 7.76. The summed E-state index contributed by atoms with van der Waals surface area (Å²) in [5.41, 5.74) is 3.61. The van der Waals surface area contributed by atoms with Crippen molar-refractivity contribution in [1.82, 2.24) is 13.1 Å². The van der Waals surface area contributed by atoms with Crippen molar-refractivity contribution in [3.63, 3.8) is 0 Å². The van der Waals surface area contributed by atoms with Crippen molar-refractivity contribution in [3.8, 4) is 0 Å². The largest absolute Gasteiger partial charge is 0.388 e. The Hall–Kier alpha value is -1.26.